The number of aliphatic hydroxyl groups is 1. The van der Waals surface area contributed by atoms with E-state index in [1.165, 1.54) is 21.0 Å². The van der Waals surface area contributed by atoms with Crippen molar-refractivity contribution in [2.24, 2.45) is 0 Å². The predicted molar refractivity (Wildman–Crippen MR) is 66.9 cm³/mol. The Morgan fingerprint density at radius 3 is 2.14 bits per heavy atom. The van der Waals surface area contributed by atoms with Gasteiger partial charge in [0.1, 0.15) is 5.75 Å². The van der Waals surface area contributed by atoms with Crippen LogP contribution in [0.3, 0.4) is 0 Å². The van der Waals surface area contributed by atoms with Crippen LogP contribution in [0.5, 0.6) is 5.75 Å². The highest BCUT2D eigenvalue weighted by Crippen LogP contribution is 2.44. The maximum absolute atomic E-state index is 14.0. The summed E-state index contributed by atoms with van der Waals surface area (Å²) in [5.74, 6) is -2.62. The van der Waals surface area contributed by atoms with Gasteiger partial charge in [-0.3, -0.25) is 0 Å². The summed E-state index contributed by atoms with van der Waals surface area (Å²) in [6.45, 7) is 5.22. The van der Waals surface area contributed by atoms with E-state index in [1.54, 1.807) is 0 Å². The van der Waals surface area contributed by atoms with Gasteiger partial charge in [-0.1, -0.05) is 13.8 Å². The van der Waals surface area contributed by atoms with Gasteiger partial charge >= 0.3 is 6.18 Å². The number of benzene rings is 1. The van der Waals surface area contributed by atoms with Gasteiger partial charge in [0.05, 0.1) is 7.11 Å². The van der Waals surface area contributed by atoms with Gasteiger partial charge in [0, 0.05) is 5.56 Å². The lowest BCUT2D eigenvalue weighted by Gasteiger charge is -2.36. The molecular formula is C14H16F5O2. The van der Waals surface area contributed by atoms with Crippen LogP contribution in [0, 0.1) is 18.6 Å². The molecule has 0 spiro atoms. The van der Waals surface area contributed by atoms with E-state index >= 15 is 0 Å². The molecule has 0 saturated heterocycles. The number of hydrogen-bond donors (Lipinski definition) is 1. The van der Waals surface area contributed by atoms with Crippen LogP contribution >= 0.6 is 0 Å². The van der Waals surface area contributed by atoms with Gasteiger partial charge in [0.15, 0.2) is 17.2 Å². The van der Waals surface area contributed by atoms with E-state index in [9.17, 15) is 27.1 Å². The SMILES string of the molecule is [CH2]C(O)(CC(C)(C)c1c(OC)ccc(F)c1F)C(F)(F)F. The summed E-state index contributed by atoms with van der Waals surface area (Å²) < 4.78 is 70.4. The van der Waals surface area contributed by atoms with E-state index in [2.05, 4.69) is 6.92 Å². The lowest BCUT2D eigenvalue weighted by molar-refractivity contribution is -0.247. The number of ether oxygens (including phenoxy) is 1. The third-order valence-corrected chi connectivity index (χ3v) is 3.22. The fraction of sp³-hybridized carbons (Fsp3) is 0.500. The van der Waals surface area contributed by atoms with E-state index in [0.29, 0.717) is 0 Å². The fourth-order valence-electron chi connectivity index (χ4n) is 2.25. The van der Waals surface area contributed by atoms with Crippen molar-refractivity contribution < 1.29 is 31.8 Å². The fourth-order valence-corrected chi connectivity index (χ4v) is 2.25. The summed E-state index contributed by atoms with van der Waals surface area (Å²) in [5.41, 5.74) is -5.24. The summed E-state index contributed by atoms with van der Waals surface area (Å²) in [6, 6.07) is 1.93. The molecule has 119 valence electrons. The molecule has 0 aliphatic heterocycles. The van der Waals surface area contributed by atoms with Crippen molar-refractivity contribution in [3.05, 3.63) is 36.3 Å². The highest BCUT2D eigenvalue weighted by molar-refractivity contribution is 5.41. The highest BCUT2D eigenvalue weighted by atomic mass is 19.4. The number of methoxy groups -OCH3 is 1. The van der Waals surface area contributed by atoms with Gasteiger partial charge in [-0.25, -0.2) is 8.78 Å². The molecule has 0 aliphatic rings. The molecule has 1 unspecified atom stereocenters. The average Bonchev–Trinajstić information content (AvgIpc) is 2.29. The van der Waals surface area contributed by atoms with Crippen LogP contribution in [-0.2, 0) is 5.41 Å². The quantitative estimate of drug-likeness (QED) is 0.858. The minimum absolute atomic E-state index is 0.100. The first kappa shape index (κ1) is 17.7. The van der Waals surface area contributed by atoms with Crippen molar-refractivity contribution >= 4 is 0 Å². The molecule has 0 aromatic heterocycles. The van der Waals surface area contributed by atoms with Gasteiger partial charge in [0.25, 0.3) is 0 Å². The molecular weight excluding hydrogens is 295 g/mol. The van der Waals surface area contributed by atoms with Gasteiger partial charge in [-0.2, -0.15) is 13.2 Å². The van der Waals surface area contributed by atoms with E-state index in [-0.39, 0.29) is 11.3 Å². The molecule has 1 aromatic rings. The van der Waals surface area contributed by atoms with E-state index in [1.807, 2.05) is 0 Å². The second-order valence-electron chi connectivity index (χ2n) is 5.53. The largest absolute Gasteiger partial charge is 0.496 e. The Hall–Kier alpha value is -1.37. The Balaban J connectivity index is 3.35. The molecule has 21 heavy (non-hydrogen) atoms. The van der Waals surface area contributed by atoms with Crippen LogP contribution in [0.1, 0.15) is 25.8 Å². The van der Waals surface area contributed by atoms with Crippen molar-refractivity contribution in [2.45, 2.75) is 37.5 Å². The number of alkyl halides is 3. The molecule has 0 bridgehead atoms. The molecule has 1 atom stereocenters. The summed E-state index contributed by atoms with van der Waals surface area (Å²) in [4.78, 5) is 0. The zero-order valence-electron chi connectivity index (χ0n) is 11.8. The van der Waals surface area contributed by atoms with Gasteiger partial charge in [-0.05, 0) is 30.9 Å². The van der Waals surface area contributed by atoms with Crippen LogP contribution in [0.15, 0.2) is 12.1 Å². The van der Waals surface area contributed by atoms with E-state index in [4.69, 9.17) is 4.74 Å². The van der Waals surface area contributed by atoms with Crippen molar-refractivity contribution in [1.82, 2.24) is 0 Å². The lowest BCUT2D eigenvalue weighted by atomic mass is 9.75. The molecule has 0 amide bonds. The van der Waals surface area contributed by atoms with E-state index in [0.717, 1.165) is 12.1 Å². The standard InChI is InChI=1S/C14H16F5O2/c1-12(2,7-13(3,20)14(17,18)19)10-9(21-4)6-5-8(15)11(10)16/h5-6,20H,3,7H2,1-2,4H3. The second-order valence-corrected chi connectivity index (χ2v) is 5.53. The van der Waals surface area contributed by atoms with Crippen molar-refractivity contribution in [2.75, 3.05) is 7.11 Å². The van der Waals surface area contributed by atoms with Crippen molar-refractivity contribution in [3.63, 3.8) is 0 Å². The molecule has 1 rings (SSSR count). The smallest absolute Gasteiger partial charge is 0.417 e. The van der Waals surface area contributed by atoms with Crippen LogP contribution in [0.4, 0.5) is 22.0 Å². The predicted octanol–water partition coefficient (Wildman–Crippen LogP) is 3.77. The third kappa shape index (κ3) is 3.45. The van der Waals surface area contributed by atoms with Crippen LogP contribution in [0.25, 0.3) is 0 Å². The molecule has 1 aromatic carbocycles. The molecule has 7 heteroatoms. The normalized spacial score (nSPS) is 15.7. The minimum Gasteiger partial charge on any atom is -0.496 e. The lowest BCUT2D eigenvalue weighted by Crippen LogP contribution is -2.47. The van der Waals surface area contributed by atoms with Crippen molar-refractivity contribution in [1.29, 1.82) is 0 Å². The maximum atomic E-state index is 14.0. The number of hydrogen-bond acceptors (Lipinski definition) is 2. The molecule has 0 heterocycles. The first-order chi connectivity index (χ1) is 9.33. The zero-order valence-corrected chi connectivity index (χ0v) is 11.8. The van der Waals surface area contributed by atoms with Crippen molar-refractivity contribution in [3.8, 4) is 5.75 Å². The summed E-state index contributed by atoms with van der Waals surface area (Å²) in [7, 11) is 1.19. The molecule has 0 saturated carbocycles. The summed E-state index contributed by atoms with van der Waals surface area (Å²) >= 11 is 0. The van der Waals surface area contributed by atoms with E-state index < -0.39 is 35.2 Å². The molecule has 0 fully saturated rings. The molecule has 1 N–H and O–H groups in total. The Morgan fingerprint density at radius 2 is 1.71 bits per heavy atom. The Morgan fingerprint density at radius 1 is 1.19 bits per heavy atom. The minimum atomic E-state index is -5.00. The number of rotatable bonds is 4. The second kappa shape index (κ2) is 5.44. The monoisotopic (exact) mass is 311 g/mol. The first-order valence-corrected chi connectivity index (χ1v) is 6.00. The molecule has 0 aliphatic carbocycles. The first-order valence-electron chi connectivity index (χ1n) is 6.00. The van der Waals surface area contributed by atoms with Gasteiger partial charge in [0.2, 0.25) is 0 Å². The van der Waals surface area contributed by atoms with Crippen LogP contribution < -0.4 is 4.74 Å². The van der Waals surface area contributed by atoms with Gasteiger partial charge < -0.3 is 9.84 Å². The third-order valence-electron chi connectivity index (χ3n) is 3.22. The van der Waals surface area contributed by atoms with Gasteiger partial charge in [-0.15, -0.1) is 0 Å². The Kier molecular flexibility index (Phi) is 4.58. The Bertz CT molecular complexity index is 521. The average molecular weight is 311 g/mol. The molecule has 2 nitrogen and oxygen atoms in total. The summed E-state index contributed by atoms with van der Waals surface area (Å²) in [5, 5.41) is 9.48. The Labute approximate surface area is 119 Å². The number of halogens is 5. The van der Waals surface area contributed by atoms with Crippen LogP contribution in [-0.4, -0.2) is 24.0 Å². The zero-order chi connectivity index (χ0) is 16.6. The maximum Gasteiger partial charge on any atom is 0.417 e. The molecule has 1 radical (unpaired) electrons. The van der Waals surface area contributed by atoms with Crippen LogP contribution in [0.2, 0.25) is 0 Å². The highest BCUT2D eigenvalue weighted by Gasteiger charge is 2.53. The topological polar surface area (TPSA) is 29.5 Å². The summed E-state index contributed by atoms with van der Waals surface area (Å²) in [6.07, 6.45) is -5.96.